The largest absolute Gasteiger partial charge is 0.468 e. The fraction of sp³-hybridized carbons (Fsp3) is 0.938. The van der Waals surface area contributed by atoms with Crippen molar-refractivity contribution in [2.24, 2.45) is 11.8 Å². The zero-order valence-corrected chi connectivity index (χ0v) is 13.4. The highest BCUT2D eigenvalue weighted by atomic mass is 16.5. The number of esters is 1. The van der Waals surface area contributed by atoms with Crippen LogP contribution >= 0.6 is 0 Å². The van der Waals surface area contributed by atoms with Crippen molar-refractivity contribution in [3.8, 4) is 0 Å². The standard InChI is InChI=1S/C16H30N2O2/c1-5-10-17-16(14-8-9-14,15(19)20-4)11-18(3)12(2)13-6-7-13/h12-14,17H,5-11H2,1-4H3. The number of hydrogen-bond donors (Lipinski definition) is 1. The van der Waals surface area contributed by atoms with E-state index in [2.05, 4.69) is 31.1 Å². The summed E-state index contributed by atoms with van der Waals surface area (Å²) in [4.78, 5) is 14.8. The maximum atomic E-state index is 12.5. The highest BCUT2D eigenvalue weighted by Crippen LogP contribution is 2.42. The van der Waals surface area contributed by atoms with E-state index in [1.807, 2.05) is 0 Å². The Morgan fingerprint density at radius 3 is 2.50 bits per heavy atom. The average Bonchev–Trinajstić information content (AvgIpc) is 3.32. The van der Waals surface area contributed by atoms with Crippen molar-refractivity contribution in [2.75, 3.05) is 27.2 Å². The quantitative estimate of drug-likeness (QED) is 0.657. The van der Waals surface area contributed by atoms with Gasteiger partial charge >= 0.3 is 5.97 Å². The van der Waals surface area contributed by atoms with Crippen molar-refractivity contribution in [3.63, 3.8) is 0 Å². The molecule has 4 heteroatoms. The van der Waals surface area contributed by atoms with Gasteiger partial charge in [-0.1, -0.05) is 6.92 Å². The molecule has 0 spiro atoms. The van der Waals surface area contributed by atoms with E-state index in [0.29, 0.717) is 12.0 Å². The number of ether oxygens (including phenoxy) is 1. The molecule has 0 aromatic carbocycles. The Morgan fingerprint density at radius 2 is 2.05 bits per heavy atom. The number of nitrogens with zero attached hydrogens (tertiary/aromatic N) is 1. The number of carbonyl (C=O) groups is 1. The van der Waals surface area contributed by atoms with E-state index in [9.17, 15) is 4.79 Å². The van der Waals surface area contributed by atoms with E-state index in [-0.39, 0.29) is 5.97 Å². The predicted octanol–water partition coefficient (Wildman–Crippen LogP) is 2.04. The van der Waals surface area contributed by atoms with E-state index < -0.39 is 5.54 Å². The first-order valence-electron chi connectivity index (χ1n) is 8.08. The van der Waals surface area contributed by atoms with Crippen LogP contribution in [-0.4, -0.2) is 49.7 Å². The molecule has 0 aliphatic heterocycles. The van der Waals surface area contributed by atoms with Crippen molar-refractivity contribution >= 4 is 5.97 Å². The molecule has 116 valence electrons. The van der Waals surface area contributed by atoms with Gasteiger partial charge in [-0.25, -0.2) is 4.79 Å². The number of hydrogen-bond acceptors (Lipinski definition) is 4. The molecule has 20 heavy (non-hydrogen) atoms. The lowest BCUT2D eigenvalue weighted by Gasteiger charge is -2.38. The minimum Gasteiger partial charge on any atom is -0.468 e. The normalized spacial score (nSPS) is 23.4. The number of methoxy groups -OCH3 is 1. The molecule has 0 radical (unpaired) electrons. The molecule has 2 rings (SSSR count). The summed E-state index contributed by atoms with van der Waals surface area (Å²) in [7, 11) is 3.66. The molecular weight excluding hydrogens is 252 g/mol. The lowest BCUT2D eigenvalue weighted by molar-refractivity contribution is -0.151. The van der Waals surface area contributed by atoms with E-state index in [4.69, 9.17) is 4.74 Å². The number of likely N-dealkylation sites (N-methyl/N-ethyl adjacent to an activating group) is 1. The fourth-order valence-corrected chi connectivity index (χ4v) is 3.21. The third-order valence-corrected chi connectivity index (χ3v) is 5.01. The van der Waals surface area contributed by atoms with E-state index in [1.165, 1.54) is 20.0 Å². The summed E-state index contributed by atoms with van der Waals surface area (Å²) < 4.78 is 5.14. The van der Waals surface area contributed by atoms with Gasteiger partial charge in [-0.15, -0.1) is 0 Å². The van der Waals surface area contributed by atoms with Gasteiger partial charge in [-0.05, 0) is 64.5 Å². The van der Waals surface area contributed by atoms with Crippen LogP contribution in [0.15, 0.2) is 0 Å². The summed E-state index contributed by atoms with van der Waals surface area (Å²) in [5, 5.41) is 3.52. The van der Waals surface area contributed by atoms with E-state index in [0.717, 1.165) is 38.3 Å². The molecule has 0 saturated heterocycles. The molecule has 2 fully saturated rings. The molecule has 0 aromatic rings. The Hall–Kier alpha value is -0.610. The van der Waals surface area contributed by atoms with Crippen molar-refractivity contribution in [1.29, 1.82) is 0 Å². The Kier molecular flexibility index (Phi) is 5.08. The van der Waals surface area contributed by atoms with Crippen LogP contribution in [-0.2, 0) is 9.53 Å². The van der Waals surface area contributed by atoms with Crippen molar-refractivity contribution in [3.05, 3.63) is 0 Å². The van der Waals surface area contributed by atoms with Crippen molar-refractivity contribution in [1.82, 2.24) is 10.2 Å². The number of rotatable bonds is 9. The van der Waals surface area contributed by atoms with Gasteiger partial charge in [-0.2, -0.15) is 0 Å². The second kappa shape index (κ2) is 6.44. The minimum atomic E-state index is -0.497. The van der Waals surface area contributed by atoms with E-state index in [1.54, 1.807) is 0 Å². The van der Waals surface area contributed by atoms with Gasteiger partial charge in [0.05, 0.1) is 7.11 Å². The average molecular weight is 282 g/mol. The zero-order chi connectivity index (χ0) is 14.8. The molecule has 0 bridgehead atoms. The molecule has 2 unspecified atom stereocenters. The van der Waals surface area contributed by atoms with Gasteiger partial charge in [-0.3, -0.25) is 0 Å². The molecule has 2 atom stereocenters. The lowest BCUT2D eigenvalue weighted by atomic mass is 9.91. The maximum Gasteiger partial charge on any atom is 0.327 e. The van der Waals surface area contributed by atoms with Crippen LogP contribution in [0.4, 0.5) is 0 Å². The molecule has 2 aliphatic carbocycles. The molecule has 4 nitrogen and oxygen atoms in total. The third-order valence-electron chi connectivity index (χ3n) is 5.01. The predicted molar refractivity (Wildman–Crippen MR) is 80.6 cm³/mol. The van der Waals surface area contributed by atoms with Crippen LogP contribution in [0.3, 0.4) is 0 Å². The third kappa shape index (κ3) is 3.34. The summed E-state index contributed by atoms with van der Waals surface area (Å²) >= 11 is 0. The number of carbonyl (C=O) groups excluding carboxylic acids is 1. The molecule has 0 heterocycles. The van der Waals surface area contributed by atoms with Crippen molar-refractivity contribution < 1.29 is 9.53 Å². The van der Waals surface area contributed by atoms with Gasteiger partial charge in [0.25, 0.3) is 0 Å². The highest BCUT2D eigenvalue weighted by molar-refractivity contribution is 5.82. The molecule has 1 N–H and O–H groups in total. The maximum absolute atomic E-state index is 12.5. The smallest absolute Gasteiger partial charge is 0.327 e. The van der Waals surface area contributed by atoms with Crippen LogP contribution in [0.25, 0.3) is 0 Å². The topological polar surface area (TPSA) is 41.6 Å². The molecule has 2 aliphatic rings. The Balaban J connectivity index is 2.08. The van der Waals surface area contributed by atoms with Crippen molar-refractivity contribution in [2.45, 2.75) is 57.5 Å². The summed E-state index contributed by atoms with van der Waals surface area (Å²) in [6, 6.07) is 0.557. The number of nitrogens with one attached hydrogen (secondary N) is 1. The summed E-state index contributed by atoms with van der Waals surface area (Å²) in [5.41, 5.74) is -0.497. The van der Waals surface area contributed by atoms with Gasteiger partial charge in [0, 0.05) is 12.6 Å². The molecule has 2 saturated carbocycles. The Morgan fingerprint density at radius 1 is 1.40 bits per heavy atom. The first-order chi connectivity index (χ1) is 9.55. The zero-order valence-electron chi connectivity index (χ0n) is 13.4. The van der Waals surface area contributed by atoms with Crippen LogP contribution in [0.5, 0.6) is 0 Å². The van der Waals surface area contributed by atoms with E-state index >= 15 is 0 Å². The summed E-state index contributed by atoms with van der Waals surface area (Å²) in [5.74, 6) is 1.18. The molecular formula is C16H30N2O2. The van der Waals surface area contributed by atoms with Crippen LogP contribution in [0.1, 0.15) is 46.0 Å². The first kappa shape index (κ1) is 15.8. The molecule has 0 aromatic heterocycles. The van der Waals surface area contributed by atoms with Gasteiger partial charge < -0.3 is 15.0 Å². The lowest BCUT2D eigenvalue weighted by Crippen LogP contribution is -2.62. The second-order valence-electron chi connectivity index (χ2n) is 6.66. The Bertz CT molecular complexity index is 339. The van der Waals surface area contributed by atoms with Gasteiger partial charge in [0.2, 0.25) is 0 Å². The fourth-order valence-electron chi connectivity index (χ4n) is 3.21. The summed E-state index contributed by atoms with van der Waals surface area (Å²) in [6.07, 6.45) is 5.98. The van der Waals surface area contributed by atoms with Gasteiger partial charge in [0.15, 0.2) is 0 Å². The summed E-state index contributed by atoms with van der Waals surface area (Å²) in [6.45, 7) is 6.06. The van der Waals surface area contributed by atoms with Gasteiger partial charge in [0.1, 0.15) is 5.54 Å². The second-order valence-corrected chi connectivity index (χ2v) is 6.66. The monoisotopic (exact) mass is 282 g/mol. The molecule has 0 amide bonds. The Labute approximate surface area is 123 Å². The van der Waals surface area contributed by atoms with Crippen LogP contribution in [0, 0.1) is 11.8 Å². The minimum absolute atomic E-state index is 0.0803. The van der Waals surface area contributed by atoms with Crippen LogP contribution < -0.4 is 5.32 Å². The SMILES string of the molecule is CCCNC(CN(C)C(C)C1CC1)(C(=O)OC)C1CC1. The first-order valence-corrected chi connectivity index (χ1v) is 8.08. The highest BCUT2D eigenvalue weighted by Gasteiger charge is 2.52. The van der Waals surface area contributed by atoms with Crippen LogP contribution in [0.2, 0.25) is 0 Å².